The molecule has 1 N–H and O–H groups in total. The van der Waals surface area contributed by atoms with E-state index >= 15 is 0 Å². The summed E-state index contributed by atoms with van der Waals surface area (Å²) in [6.45, 7) is 6.83. The lowest BCUT2D eigenvalue weighted by atomic mass is 10.1. The second-order valence-corrected chi connectivity index (χ2v) is 3.80. The van der Waals surface area contributed by atoms with Crippen molar-refractivity contribution in [2.24, 2.45) is 0 Å². The molecule has 2 nitrogen and oxygen atoms in total. The van der Waals surface area contributed by atoms with E-state index in [4.69, 9.17) is 4.74 Å². The van der Waals surface area contributed by atoms with Gasteiger partial charge in [-0.05, 0) is 43.0 Å². The molecule has 0 radical (unpaired) electrons. The van der Waals surface area contributed by atoms with Crippen LogP contribution < -0.4 is 4.74 Å². The van der Waals surface area contributed by atoms with E-state index in [2.05, 4.69) is 6.92 Å². The minimum atomic E-state index is 0.403. The van der Waals surface area contributed by atoms with Crippen LogP contribution >= 0.6 is 0 Å². The van der Waals surface area contributed by atoms with E-state index in [0.717, 1.165) is 42.7 Å². The number of aryl methyl sites for hydroxylation is 2. The summed E-state index contributed by atoms with van der Waals surface area (Å²) in [6, 6.07) is 3.82. The van der Waals surface area contributed by atoms with Gasteiger partial charge in [-0.3, -0.25) is 0 Å². The summed E-state index contributed by atoms with van der Waals surface area (Å²) >= 11 is 0. The lowest BCUT2D eigenvalue weighted by Crippen LogP contribution is -1.98. The zero-order valence-electron chi connectivity index (χ0n) is 9.84. The van der Waals surface area contributed by atoms with Gasteiger partial charge in [-0.2, -0.15) is 0 Å². The zero-order valence-corrected chi connectivity index (χ0v) is 9.84. The van der Waals surface area contributed by atoms with E-state index < -0.39 is 0 Å². The van der Waals surface area contributed by atoms with Crippen molar-refractivity contribution >= 4 is 0 Å². The molecule has 0 heterocycles. The summed E-state index contributed by atoms with van der Waals surface area (Å²) in [6.07, 6.45) is 3.04. The maximum Gasteiger partial charge on any atom is 0.121 e. The highest BCUT2D eigenvalue weighted by Crippen LogP contribution is 2.28. The molecule has 0 bridgehead atoms. The molecule has 0 aliphatic carbocycles. The quantitative estimate of drug-likeness (QED) is 0.751. The van der Waals surface area contributed by atoms with Crippen molar-refractivity contribution in [3.05, 3.63) is 23.3 Å². The second kappa shape index (κ2) is 5.64. The molecular weight excluding hydrogens is 188 g/mol. The number of phenols is 1. The first-order valence-electron chi connectivity index (χ1n) is 5.64. The van der Waals surface area contributed by atoms with Gasteiger partial charge in [0.25, 0.3) is 0 Å². The average Bonchev–Trinajstić information content (AvgIpc) is 2.23. The van der Waals surface area contributed by atoms with Crippen LogP contribution in [0.4, 0.5) is 0 Å². The molecule has 84 valence electrons. The molecule has 1 aromatic carbocycles. The van der Waals surface area contributed by atoms with Crippen LogP contribution in [-0.4, -0.2) is 11.7 Å². The number of hydrogen-bond acceptors (Lipinski definition) is 2. The molecule has 0 spiro atoms. The molecule has 15 heavy (non-hydrogen) atoms. The highest BCUT2D eigenvalue weighted by Gasteiger charge is 2.05. The van der Waals surface area contributed by atoms with Gasteiger partial charge in [-0.15, -0.1) is 0 Å². The highest BCUT2D eigenvalue weighted by molar-refractivity contribution is 5.45. The standard InChI is InChI=1S/C13H20O2/c1-4-6-7-15-12-8-10(3)13(14)11(5-2)9-12/h8-9,14H,4-7H2,1-3H3. The van der Waals surface area contributed by atoms with E-state index in [1.165, 1.54) is 0 Å². The predicted molar refractivity (Wildman–Crippen MR) is 62.6 cm³/mol. The van der Waals surface area contributed by atoms with Crippen molar-refractivity contribution in [1.29, 1.82) is 0 Å². The van der Waals surface area contributed by atoms with Gasteiger partial charge in [0.2, 0.25) is 0 Å². The Morgan fingerprint density at radius 2 is 2.00 bits per heavy atom. The van der Waals surface area contributed by atoms with Gasteiger partial charge in [0, 0.05) is 0 Å². The van der Waals surface area contributed by atoms with Crippen molar-refractivity contribution in [2.75, 3.05) is 6.61 Å². The van der Waals surface area contributed by atoms with Crippen LogP contribution in [0.25, 0.3) is 0 Å². The summed E-state index contributed by atoms with van der Waals surface area (Å²) in [5.74, 6) is 1.27. The second-order valence-electron chi connectivity index (χ2n) is 3.80. The van der Waals surface area contributed by atoms with Crippen molar-refractivity contribution < 1.29 is 9.84 Å². The van der Waals surface area contributed by atoms with Gasteiger partial charge in [0.1, 0.15) is 11.5 Å². The Bertz CT molecular complexity index is 319. The minimum Gasteiger partial charge on any atom is -0.507 e. The number of rotatable bonds is 5. The average molecular weight is 208 g/mol. The van der Waals surface area contributed by atoms with Crippen LogP contribution in [0.5, 0.6) is 11.5 Å². The fraction of sp³-hybridized carbons (Fsp3) is 0.538. The molecule has 0 fully saturated rings. The molecule has 0 atom stereocenters. The van der Waals surface area contributed by atoms with Crippen molar-refractivity contribution in [3.8, 4) is 11.5 Å². The fourth-order valence-electron chi connectivity index (χ4n) is 1.50. The van der Waals surface area contributed by atoms with Crippen molar-refractivity contribution in [2.45, 2.75) is 40.0 Å². The molecule has 0 amide bonds. The molecule has 0 unspecified atom stereocenters. The molecule has 0 aliphatic rings. The largest absolute Gasteiger partial charge is 0.507 e. The van der Waals surface area contributed by atoms with Gasteiger partial charge in [-0.1, -0.05) is 20.3 Å². The number of unbranched alkanes of at least 4 members (excludes halogenated alkanes) is 1. The summed E-state index contributed by atoms with van der Waals surface area (Å²) in [7, 11) is 0. The van der Waals surface area contributed by atoms with Crippen LogP contribution in [0, 0.1) is 6.92 Å². The molecule has 2 heteroatoms. The lowest BCUT2D eigenvalue weighted by molar-refractivity contribution is 0.308. The Morgan fingerprint density at radius 3 is 2.60 bits per heavy atom. The molecule has 0 saturated heterocycles. The highest BCUT2D eigenvalue weighted by atomic mass is 16.5. The first-order valence-corrected chi connectivity index (χ1v) is 5.64. The zero-order chi connectivity index (χ0) is 11.3. The topological polar surface area (TPSA) is 29.5 Å². The maximum absolute atomic E-state index is 9.74. The summed E-state index contributed by atoms with van der Waals surface area (Å²) < 4.78 is 5.61. The SMILES string of the molecule is CCCCOc1cc(C)c(O)c(CC)c1. The molecule has 0 aliphatic heterocycles. The van der Waals surface area contributed by atoms with E-state index in [1.54, 1.807) is 0 Å². The third-order valence-electron chi connectivity index (χ3n) is 2.50. The third-order valence-corrected chi connectivity index (χ3v) is 2.50. The smallest absolute Gasteiger partial charge is 0.121 e. The number of benzene rings is 1. The van der Waals surface area contributed by atoms with Gasteiger partial charge < -0.3 is 9.84 Å². The molecule has 1 rings (SSSR count). The third kappa shape index (κ3) is 3.15. The van der Waals surface area contributed by atoms with Gasteiger partial charge in [0.15, 0.2) is 0 Å². The maximum atomic E-state index is 9.74. The van der Waals surface area contributed by atoms with Crippen molar-refractivity contribution in [3.63, 3.8) is 0 Å². The molecular formula is C13H20O2. The Morgan fingerprint density at radius 1 is 1.27 bits per heavy atom. The van der Waals surface area contributed by atoms with Crippen LogP contribution in [0.1, 0.15) is 37.8 Å². The first-order chi connectivity index (χ1) is 7.19. The van der Waals surface area contributed by atoms with E-state index in [0.29, 0.717) is 5.75 Å². The van der Waals surface area contributed by atoms with Gasteiger partial charge in [0.05, 0.1) is 6.61 Å². The van der Waals surface area contributed by atoms with E-state index in [9.17, 15) is 5.11 Å². The van der Waals surface area contributed by atoms with Crippen molar-refractivity contribution in [1.82, 2.24) is 0 Å². The predicted octanol–water partition coefficient (Wildman–Crippen LogP) is 3.44. The monoisotopic (exact) mass is 208 g/mol. The number of phenolic OH excluding ortho intramolecular Hbond substituents is 1. The lowest BCUT2D eigenvalue weighted by Gasteiger charge is -2.10. The molecule has 1 aromatic rings. The van der Waals surface area contributed by atoms with Crippen LogP contribution in [-0.2, 0) is 6.42 Å². The van der Waals surface area contributed by atoms with Crippen LogP contribution in [0.3, 0.4) is 0 Å². The normalized spacial score (nSPS) is 10.3. The molecule has 0 aromatic heterocycles. The Hall–Kier alpha value is -1.18. The van der Waals surface area contributed by atoms with E-state index in [1.807, 2.05) is 26.0 Å². The minimum absolute atomic E-state index is 0.403. The summed E-state index contributed by atoms with van der Waals surface area (Å²) in [5, 5.41) is 9.74. The van der Waals surface area contributed by atoms with E-state index in [-0.39, 0.29) is 0 Å². The molecule has 0 saturated carbocycles. The first kappa shape index (κ1) is 11.9. The summed E-state index contributed by atoms with van der Waals surface area (Å²) in [5.41, 5.74) is 1.85. The van der Waals surface area contributed by atoms with Gasteiger partial charge in [-0.25, -0.2) is 0 Å². The van der Waals surface area contributed by atoms with Crippen LogP contribution in [0.2, 0.25) is 0 Å². The summed E-state index contributed by atoms with van der Waals surface area (Å²) in [4.78, 5) is 0. The Labute approximate surface area is 91.9 Å². The van der Waals surface area contributed by atoms with Gasteiger partial charge >= 0.3 is 0 Å². The fourth-order valence-corrected chi connectivity index (χ4v) is 1.50. The number of hydrogen-bond donors (Lipinski definition) is 1. The number of aromatic hydroxyl groups is 1. The Balaban J connectivity index is 2.77. The Kier molecular flexibility index (Phi) is 4.47. The number of ether oxygens (including phenoxy) is 1. The van der Waals surface area contributed by atoms with Crippen LogP contribution in [0.15, 0.2) is 12.1 Å².